The Balaban J connectivity index is 1.41. The molecule has 2 amide bonds. The smallest absolute Gasteiger partial charge is 0.328 e. The molecule has 2 aromatic rings. The molecular weight excluding hydrogens is 626 g/mol. The number of amides is 2. The number of methoxy groups -OCH3 is 2. The summed E-state index contributed by atoms with van der Waals surface area (Å²) in [5.74, 6) is 0.307. The van der Waals surface area contributed by atoms with Crippen molar-refractivity contribution in [1.82, 2.24) is 14.8 Å². The first-order valence-electron chi connectivity index (χ1n) is 17.6. The SMILES string of the molecule is C=CCO[C@H]1CCCN(C(=O)C[C@H](C(=O)N2C[C@H](Oc3cc(OCC)nc4cc(OC)c(C=C)cc34)C[C@H]2C(=O)OC)C2CCCCC2)C1. The first-order valence-corrected chi connectivity index (χ1v) is 17.6. The number of nitrogens with zero attached hydrogens (tertiary/aromatic N) is 3. The zero-order valence-corrected chi connectivity index (χ0v) is 29.2. The third-order valence-corrected chi connectivity index (χ3v) is 10.0. The Morgan fingerprint density at radius 1 is 1.00 bits per heavy atom. The Morgan fingerprint density at radius 3 is 2.49 bits per heavy atom. The standard InChI is InChI=1S/C38H51N3O8/c1-6-17-48-27-15-12-16-40(23-27)36(42)20-29(26-13-10-9-11-14-26)37(43)41-24-28(19-32(41)38(44)46-5)49-34-22-35(47-8-3)39-31-21-33(45-4)25(7-2)18-30(31)34/h6-7,18,21-22,26-29,32H,1-2,8-17,19-20,23-24H2,3-5H3/t27-,28+,29-,32-/m0/s1. The predicted octanol–water partition coefficient (Wildman–Crippen LogP) is 5.59. The van der Waals surface area contributed by atoms with Crippen LogP contribution in [0.15, 0.2) is 37.4 Å². The van der Waals surface area contributed by atoms with Crippen LogP contribution in [0.2, 0.25) is 0 Å². The van der Waals surface area contributed by atoms with Crippen molar-refractivity contribution in [2.75, 3.05) is 47.1 Å². The number of ether oxygens (including phenoxy) is 5. The molecule has 2 aliphatic heterocycles. The topological polar surface area (TPSA) is 117 Å². The van der Waals surface area contributed by atoms with Crippen LogP contribution in [0.3, 0.4) is 0 Å². The van der Waals surface area contributed by atoms with E-state index in [9.17, 15) is 14.4 Å². The van der Waals surface area contributed by atoms with Gasteiger partial charge < -0.3 is 33.5 Å². The average Bonchev–Trinajstić information content (AvgIpc) is 3.56. The number of piperidine rings is 1. The Hall–Kier alpha value is -4.12. The Kier molecular flexibility index (Phi) is 12.6. The van der Waals surface area contributed by atoms with E-state index in [1.54, 1.807) is 30.2 Å². The van der Waals surface area contributed by atoms with Crippen molar-refractivity contribution >= 4 is 34.8 Å². The molecule has 4 atom stereocenters. The molecule has 5 rings (SSSR count). The van der Waals surface area contributed by atoms with Crippen LogP contribution in [0, 0.1) is 11.8 Å². The minimum absolute atomic E-state index is 0.0439. The maximum atomic E-state index is 14.6. The second-order valence-electron chi connectivity index (χ2n) is 13.1. The molecule has 2 saturated heterocycles. The van der Waals surface area contributed by atoms with Gasteiger partial charge in [0.1, 0.15) is 23.6 Å². The third-order valence-electron chi connectivity index (χ3n) is 10.0. The summed E-state index contributed by atoms with van der Waals surface area (Å²) in [5, 5.41) is 0.723. The average molecular weight is 678 g/mol. The zero-order chi connectivity index (χ0) is 34.9. The maximum Gasteiger partial charge on any atom is 0.328 e. The van der Waals surface area contributed by atoms with Crippen molar-refractivity contribution in [2.24, 2.45) is 11.8 Å². The van der Waals surface area contributed by atoms with Crippen LogP contribution in [-0.2, 0) is 23.9 Å². The van der Waals surface area contributed by atoms with Crippen molar-refractivity contribution in [3.63, 3.8) is 0 Å². The molecule has 3 fully saturated rings. The fraction of sp³-hybridized carbons (Fsp3) is 0.579. The molecule has 1 aromatic carbocycles. The highest BCUT2D eigenvalue weighted by Gasteiger charge is 2.46. The molecular formula is C38H51N3O8. The minimum atomic E-state index is -0.835. The van der Waals surface area contributed by atoms with E-state index in [0.29, 0.717) is 49.2 Å². The monoisotopic (exact) mass is 677 g/mol. The fourth-order valence-electron chi connectivity index (χ4n) is 7.56. The lowest BCUT2D eigenvalue weighted by atomic mass is 9.77. The molecule has 1 saturated carbocycles. The van der Waals surface area contributed by atoms with Gasteiger partial charge in [-0.1, -0.05) is 38.0 Å². The zero-order valence-electron chi connectivity index (χ0n) is 29.2. The number of rotatable bonds is 14. The highest BCUT2D eigenvalue weighted by molar-refractivity contribution is 5.91. The van der Waals surface area contributed by atoms with Gasteiger partial charge in [0.05, 0.1) is 45.6 Å². The first-order chi connectivity index (χ1) is 23.8. The summed E-state index contributed by atoms with van der Waals surface area (Å²) in [6.07, 6.45) is 9.85. The van der Waals surface area contributed by atoms with Crippen molar-refractivity contribution in [3.8, 4) is 17.4 Å². The van der Waals surface area contributed by atoms with E-state index >= 15 is 0 Å². The Labute approximate surface area is 289 Å². The summed E-state index contributed by atoms with van der Waals surface area (Å²) in [6, 6.07) is 4.61. The number of pyridine rings is 1. The molecule has 1 aromatic heterocycles. The third kappa shape index (κ3) is 8.55. The summed E-state index contributed by atoms with van der Waals surface area (Å²) < 4.78 is 29.0. The van der Waals surface area contributed by atoms with Gasteiger partial charge in [-0.05, 0) is 44.6 Å². The van der Waals surface area contributed by atoms with Gasteiger partial charge >= 0.3 is 5.97 Å². The molecule has 266 valence electrons. The van der Waals surface area contributed by atoms with Crippen LogP contribution in [0.1, 0.15) is 70.3 Å². The van der Waals surface area contributed by atoms with Crippen molar-refractivity contribution in [2.45, 2.75) is 83.0 Å². The maximum absolute atomic E-state index is 14.6. The molecule has 11 heteroatoms. The van der Waals surface area contributed by atoms with E-state index in [1.807, 2.05) is 24.0 Å². The van der Waals surface area contributed by atoms with Crippen molar-refractivity contribution < 1.29 is 38.1 Å². The van der Waals surface area contributed by atoms with E-state index in [-0.39, 0.29) is 43.2 Å². The predicted molar refractivity (Wildman–Crippen MR) is 187 cm³/mol. The molecule has 3 aliphatic rings. The second kappa shape index (κ2) is 17.0. The summed E-state index contributed by atoms with van der Waals surface area (Å²) in [5.41, 5.74) is 1.39. The lowest BCUT2D eigenvalue weighted by Crippen LogP contribution is -2.49. The molecule has 11 nitrogen and oxygen atoms in total. The number of esters is 1. The number of carbonyl (C=O) groups is 3. The Bertz CT molecular complexity index is 1510. The lowest BCUT2D eigenvalue weighted by molar-refractivity contribution is -0.154. The van der Waals surface area contributed by atoms with Crippen LogP contribution in [-0.4, -0.2) is 97.9 Å². The normalized spacial score (nSPS) is 22.0. The van der Waals surface area contributed by atoms with E-state index in [4.69, 9.17) is 23.7 Å². The van der Waals surface area contributed by atoms with Gasteiger partial charge in [-0.2, -0.15) is 0 Å². The molecule has 0 spiro atoms. The largest absolute Gasteiger partial charge is 0.496 e. The van der Waals surface area contributed by atoms with Gasteiger partial charge in [0, 0.05) is 54.9 Å². The molecule has 0 unspecified atom stereocenters. The van der Waals surface area contributed by atoms with E-state index < -0.39 is 24.0 Å². The number of carbonyl (C=O) groups excluding carboxylic acids is 3. The van der Waals surface area contributed by atoms with Crippen LogP contribution in [0.5, 0.6) is 17.4 Å². The number of hydrogen-bond donors (Lipinski definition) is 0. The first kappa shape index (κ1) is 36.2. The highest BCUT2D eigenvalue weighted by atomic mass is 16.5. The summed E-state index contributed by atoms with van der Waals surface area (Å²) in [7, 11) is 2.92. The number of hydrogen-bond acceptors (Lipinski definition) is 9. The molecule has 0 N–H and O–H groups in total. The van der Waals surface area contributed by atoms with Crippen LogP contribution < -0.4 is 14.2 Å². The summed E-state index contributed by atoms with van der Waals surface area (Å²) >= 11 is 0. The molecule has 1 aliphatic carbocycles. The van der Waals surface area contributed by atoms with Crippen LogP contribution in [0.4, 0.5) is 0 Å². The van der Waals surface area contributed by atoms with Crippen LogP contribution >= 0.6 is 0 Å². The summed E-state index contributed by atoms with van der Waals surface area (Å²) in [6.45, 7) is 11.7. The van der Waals surface area contributed by atoms with Gasteiger partial charge in [-0.15, -0.1) is 6.58 Å². The number of likely N-dealkylation sites (tertiary alicyclic amines) is 2. The Morgan fingerprint density at radius 2 is 1.80 bits per heavy atom. The van der Waals surface area contributed by atoms with Gasteiger partial charge in [-0.3, -0.25) is 9.59 Å². The van der Waals surface area contributed by atoms with Crippen LogP contribution in [0.25, 0.3) is 17.0 Å². The molecule has 0 bridgehead atoms. The van der Waals surface area contributed by atoms with Crippen molar-refractivity contribution in [1.29, 1.82) is 0 Å². The van der Waals surface area contributed by atoms with Crippen molar-refractivity contribution in [3.05, 3.63) is 43.0 Å². The van der Waals surface area contributed by atoms with E-state index in [1.165, 1.54) is 7.11 Å². The number of aromatic nitrogens is 1. The fourth-order valence-corrected chi connectivity index (χ4v) is 7.56. The minimum Gasteiger partial charge on any atom is -0.496 e. The quantitative estimate of drug-likeness (QED) is 0.187. The van der Waals surface area contributed by atoms with Gasteiger partial charge in [0.25, 0.3) is 0 Å². The van der Waals surface area contributed by atoms with E-state index in [0.717, 1.165) is 55.9 Å². The number of fused-ring (bicyclic) bond motifs is 1. The van der Waals surface area contributed by atoms with Gasteiger partial charge in [-0.25, -0.2) is 9.78 Å². The lowest BCUT2D eigenvalue weighted by Gasteiger charge is -2.36. The van der Waals surface area contributed by atoms with Gasteiger partial charge in [0.15, 0.2) is 0 Å². The van der Waals surface area contributed by atoms with Gasteiger partial charge in [0.2, 0.25) is 17.7 Å². The highest BCUT2D eigenvalue weighted by Crippen LogP contribution is 2.38. The molecule has 49 heavy (non-hydrogen) atoms. The molecule has 0 radical (unpaired) electrons. The summed E-state index contributed by atoms with van der Waals surface area (Å²) in [4.78, 5) is 49.7. The second-order valence-corrected chi connectivity index (χ2v) is 13.1. The number of benzene rings is 1. The van der Waals surface area contributed by atoms with E-state index in [2.05, 4.69) is 18.1 Å². The molecule has 3 heterocycles.